The number of benzene rings is 4. The van der Waals surface area contributed by atoms with Crippen molar-refractivity contribution in [3.8, 4) is 11.1 Å². The fourth-order valence-electron chi connectivity index (χ4n) is 5.68. The second kappa shape index (κ2) is 15.6. The number of rotatable bonds is 12. The van der Waals surface area contributed by atoms with E-state index in [1.54, 1.807) is 0 Å². The molecule has 1 aliphatic rings. The number of alkyl carbamates (subject to hydrolysis) is 1. The number of carbonyl (C=O) groups excluding carboxylic acids is 1. The molecule has 4 atom stereocenters. The summed E-state index contributed by atoms with van der Waals surface area (Å²) in [5, 5.41) is 12.4. The molecule has 1 amide bonds. The van der Waals surface area contributed by atoms with Crippen molar-refractivity contribution in [1.29, 1.82) is 0 Å². The molecule has 4 aromatic carbocycles. The van der Waals surface area contributed by atoms with E-state index in [-0.39, 0.29) is 31.3 Å². The molecule has 5 rings (SSSR count). The van der Waals surface area contributed by atoms with Crippen LogP contribution in [0.15, 0.2) is 116 Å². The first-order valence-corrected chi connectivity index (χ1v) is 15.4. The highest BCUT2D eigenvalue weighted by molar-refractivity contribution is 5.68. The van der Waals surface area contributed by atoms with Crippen LogP contribution in [0.2, 0.25) is 0 Å². The maximum atomic E-state index is 11.9. The lowest BCUT2D eigenvalue weighted by molar-refractivity contribution is -0.276. The van der Waals surface area contributed by atoms with Gasteiger partial charge in [-0.05, 0) is 52.6 Å². The molecule has 0 bridgehead atoms. The zero-order valence-corrected chi connectivity index (χ0v) is 26.0. The summed E-state index contributed by atoms with van der Waals surface area (Å²) >= 11 is 0. The molecule has 1 heterocycles. The molecular formula is C38H42N2O5. The summed E-state index contributed by atoms with van der Waals surface area (Å²) in [5.41, 5.74) is 7.13. The van der Waals surface area contributed by atoms with Crippen LogP contribution in [0.1, 0.15) is 47.1 Å². The fourth-order valence-corrected chi connectivity index (χ4v) is 5.68. The van der Waals surface area contributed by atoms with Crippen molar-refractivity contribution < 1.29 is 24.1 Å². The summed E-state index contributed by atoms with van der Waals surface area (Å²) in [5.74, 6) is 0.0879. The molecule has 7 nitrogen and oxygen atoms in total. The van der Waals surface area contributed by atoms with Crippen LogP contribution in [-0.4, -0.2) is 42.4 Å². The van der Waals surface area contributed by atoms with Gasteiger partial charge in [-0.1, -0.05) is 111 Å². The van der Waals surface area contributed by atoms with Gasteiger partial charge in [0.05, 0.1) is 18.8 Å². The van der Waals surface area contributed by atoms with Gasteiger partial charge in [-0.3, -0.25) is 4.90 Å². The van der Waals surface area contributed by atoms with Crippen molar-refractivity contribution >= 4 is 6.09 Å². The molecule has 2 N–H and O–H groups in total. The highest BCUT2D eigenvalue weighted by Gasteiger charge is 2.38. The number of nitrogens with one attached hydrogen (secondary N) is 1. The lowest BCUT2D eigenvalue weighted by Gasteiger charge is -2.42. The maximum absolute atomic E-state index is 11.9. The van der Waals surface area contributed by atoms with Crippen LogP contribution in [-0.2, 0) is 33.9 Å². The molecule has 1 fully saturated rings. The molecule has 0 radical (unpaired) electrons. The highest BCUT2D eigenvalue weighted by Crippen LogP contribution is 2.42. The molecule has 4 aromatic rings. The van der Waals surface area contributed by atoms with Gasteiger partial charge in [0.15, 0.2) is 6.29 Å². The van der Waals surface area contributed by atoms with Crippen molar-refractivity contribution in [2.24, 2.45) is 5.92 Å². The van der Waals surface area contributed by atoms with E-state index in [1.165, 1.54) is 11.6 Å². The SMILES string of the molecule is C=CCOC(=O)NCc1cccc(-c2cccc(C3OC(CN(C)Cc4ccccc4)C(C)C(c4ccc(CO)cc4)O3)c2)c1. The topological polar surface area (TPSA) is 80.3 Å². The molecule has 0 aromatic heterocycles. The van der Waals surface area contributed by atoms with Crippen molar-refractivity contribution in [1.82, 2.24) is 10.2 Å². The van der Waals surface area contributed by atoms with E-state index in [0.29, 0.717) is 6.54 Å². The third-order valence-electron chi connectivity index (χ3n) is 8.10. The average molecular weight is 607 g/mol. The average Bonchev–Trinajstić information content (AvgIpc) is 3.08. The smallest absolute Gasteiger partial charge is 0.407 e. The normalized spacial score (nSPS) is 19.6. The molecule has 0 aliphatic carbocycles. The first-order valence-electron chi connectivity index (χ1n) is 15.4. The summed E-state index contributed by atoms with van der Waals surface area (Å²) < 4.78 is 18.5. The molecule has 4 unspecified atom stereocenters. The van der Waals surface area contributed by atoms with Crippen LogP contribution < -0.4 is 5.32 Å². The monoisotopic (exact) mass is 606 g/mol. The van der Waals surface area contributed by atoms with Crippen molar-refractivity contribution in [3.63, 3.8) is 0 Å². The lowest BCUT2D eigenvalue weighted by atomic mass is 9.90. The predicted molar refractivity (Wildman–Crippen MR) is 176 cm³/mol. The standard InChI is InChI=1S/C38H42N2O5/c1-4-20-43-38(42)39-23-30-12-8-13-32(21-30)33-14-9-15-34(22-33)37-44-35(25-40(3)24-28-10-6-5-7-11-28)27(2)36(45-37)31-18-16-29(26-41)17-19-31/h4-19,21-22,27,35-37,41H,1,20,23-26H2,2-3H3,(H,39,42). The highest BCUT2D eigenvalue weighted by atomic mass is 16.7. The second-order valence-electron chi connectivity index (χ2n) is 11.6. The van der Waals surface area contributed by atoms with Gasteiger partial charge in [0.25, 0.3) is 0 Å². The molecule has 0 saturated carbocycles. The summed E-state index contributed by atoms with van der Waals surface area (Å²) in [6, 6.07) is 34.8. The lowest BCUT2D eigenvalue weighted by Crippen LogP contribution is -2.43. The second-order valence-corrected chi connectivity index (χ2v) is 11.6. The first kappa shape index (κ1) is 32.1. The third kappa shape index (κ3) is 8.68. The minimum absolute atomic E-state index is 0.00342. The van der Waals surface area contributed by atoms with Gasteiger partial charge < -0.3 is 24.6 Å². The van der Waals surface area contributed by atoms with Crippen LogP contribution in [0.4, 0.5) is 4.79 Å². The molecule has 45 heavy (non-hydrogen) atoms. The van der Waals surface area contributed by atoms with Gasteiger partial charge >= 0.3 is 6.09 Å². The minimum atomic E-state index is -0.566. The van der Waals surface area contributed by atoms with Crippen LogP contribution >= 0.6 is 0 Å². The molecule has 1 saturated heterocycles. The Labute approximate surface area is 266 Å². The van der Waals surface area contributed by atoms with E-state index in [4.69, 9.17) is 14.2 Å². The Kier molecular flexibility index (Phi) is 11.2. The predicted octanol–water partition coefficient (Wildman–Crippen LogP) is 7.18. The number of carbonyl (C=O) groups is 1. The quantitative estimate of drug-likeness (QED) is 0.166. The molecular weight excluding hydrogens is 564 g/mol. The Morgan fingerprint density at radius 2 is 1.60 bits per heavy atom. The number of nitrogens with zero attached hydrogens (tertiary/aromatic N) is 1. The summed E-state index contributed by atoms with van der Waals surface area (Å²) in [6.45, 7) is 7.84. The van der Waals surface area contributed by atoms with E-state index in [1.807, 2.05) is 54.6 Å². The first-order chi connectivity index (χ1) is 21.9. The Morgan fingerprint density at radius 1 is 0.889 bits per heavy atom. The molecule has 7 heteroatoms. The maximum Gasteiger partial charge on any atom is 0.407 e. The van der Waals surface area contributed by atoms with Crippen LogP contribution in [0.5, 0.6) is 0 Å². The van der Waals surface area contributed by atoms with E-state index in [2.05, 4.69) is 79.3 Å². The van der Waals surface area contributed by atoms with Gasteiger partial charge in [-0.15, -0.1) is 0 Å². The minimum Gasteiger partial charge on any atom is -0.445 e. The molecule has 0 spiro atoms. The number of amides is 1. The third-order valence-corrected chi connectivity index (χ3v) is 8.10. The number of hydrogen-bond acceptors (Lipinski definition) is 6. The van der Waals surface area contributed by atoms with Crippen molar-refractivity contribution in [3.05, 3.63) is 144 Å². The van der Waals surface area contributed by atoms with Gasteiger partial charge in [0, 0.05) is 31.1 Å². The molecule has 1 aliphatic heterocycles. The summed E-state index contributed by atoms with van der Waals surface area (Å²) in [6.07, 6.45) is 0.216. The van der Waals surface area contributed by atoms with Crippen LogP contribution in [0.3, 0.4) is 0 Å². The zero-order valence-electron chi connectivity index (χ0n) is 26.0. The van der Waals surface area contributed by atoms with Gasteiger partial charge in [-0.25, -0.2) is 4.79 Å². The number of ether oxygens (including phenoxy) is 3. The summed E-state index contributed by atoms with van der Waals surface area (Å²) in [7, 11) is 2.13. The Hall–Kier alpha value is -4.27. The summed E-state index contributed by atoms with van der Waals surface area (Å²) in [4.78, 5) is 14.2. The van der Waals surface area contributed by atoms with Crippen LogP contribution in [0.25, 0.3) is 11.1 Å². The van der Waals surface area contributed by atoms with E-state index in [9.17, 15) is 9.90 Å². The zero-order chi connectivity index (χ0) is 31.6. The largest absolute Gasteiger partial charge is 0.445 e. The number of likely N-dealkylation sites (N-methyl/N-ethyl adjacent to an activating group) is 1. The van der Waals surface area contributed by atoms with E-state index >= 15 is 0 Å². The van der Waals surface area contributed by atoms with Gasteiger partial charge in [-0.2, -0.15) is 0 Å². The number of aliphatic hydroxyl groups excluding tert-OH is 1. The van der Waals surface area contributed by atoms with Crippen molar-refractivity contribution in [2.75, 3.05) is 20.2 Å². The Balaban J connectivity index is 1.37. The van der Waals surface area contributed by atoms with E-state index in [0.717, 1.165) is 46.5 Å². The Morgan fingerprint density at radius 3 is 2.33 bits per heavy atom. The van der Waals surface area contributed by atoms with Gasteiger partial charge in [0.2, 0.25) is 0 Å². The fraction of sp³-hybridized carbons (Fsp3) is 0.289. The molecule has 234 valence electrons. The number of hydrogen-bond donors (Lipinski definition) is 2. The Bertz CT molecular complexity index is 1540. The van der Waals surface area contributed by atoms with Crippen molar-refractivity contribution in [2.45, 2.75) is 45.1 Å². The number of aliphatic hydroxyl groups is 1. The van der Waals surface area contributed by atoms with Gasteiger partial charge in [0.1, 0.15) is 6.61 Å². The van der Waals surface area contributed by atoms with E-state index < -0.39 is 12.4 Å². The van der Waals surface area contributed by atoms with Crippen LogP contribution in [0, 0.1) is 5.92 Å².